The van der Waals surface area contributed by atoms with Gasteiger partial charge >= 0.3 is 0 Å². The minimum atomic E-state index is -3.93. The summed E-state index contributed by atoms with van der Waals surface area (Å²) in [4.78, 5) is 40.1. The summed E-state index contributed by atoms with van der Waals surface area (Å²) in [6, 6.07) is 12.5. The zero-order valence-electron chi connectivity index (χ0n) is 21.1. The van der Waals surface area contributed by atoms with Crippen molar-refractivity contribution in [3.8, 4) is 5.75 Å². The summed E-state index contributed by atoms with van der Waals surface area (Å²) in [6.07, 6.45) is 0.116. The van der Waals surface area contributed by atoms with Crippen LogP contribution in [-0.2, 0) is 26.2 Å². The molecule has 0 radical (unpaired) electrons. The standard InChI is InChI=1S/C26H33N3O6S/c1-18(2)16-27-25(31)19(3)28(17-20-11-13-21(35-4)14-12-20)24(30)10-7-15-29-26(32)22-8-5-6-9-23(22)36(29,33)34/h5-6,8-9,11-14,18-19H,7,10,15-17H2,1-4H3,(H,27,31)/t19-/m1/s1. The van der Waals surface area contributed by atoms with Gasteiger partial charge in [0.25, 0.3) is 15.9 Å². The summed E-state index contributed by atoms with van der Waals surface area (Å²) in [5.74, 6) is -0.222. The first-order valence-corrected chi connectivity index (χ1v) is 13.4. The van der Waals surface area contributed by atoms with Crippen molar-refractivity contribution in [3.05, 3.63) is 59.7 Å². The molecule has 0 bridgehead atoms. The summed E-state index contributed by atoms with van der Waals surface area (Å²) < 4.78 is 31.5. The number of hydrogen-bond donors (Lipinski definition) is 1. The normalized spacial score (nSPS) is 14.9. The van der Waals surface area contributed by atoms with Gasteiger partial charge in [0.2, 0.25) is 11.8 Å². The number of ether oxygens (including phenoxy) is 1. The fraction of sp³-hybridized carbons (Fsp3) is 0.423. The maximum atomic E-state index is 13.3. The number of methoxy groups -OCH3 is 1. The molecule has 3 amide bonds. The molecule has 0 saturated carbocycles. The van der Waals surface area contributed by atoms with Gasteiger partial charge in [-0.1, -0.05) is 38.1 Å². The molecule has 2 aromatic rings. The molecule has 0 unspecified atom stereocenters. The molecule has 1 N–H and O–H groups in total. The van der Waals surface area contributed by atoms with E-state index >= 15 is 0 Å². The lowest BCUT2D eigenvalue weighted by molar-refractivity contribution is -0.140. The van der Waals surface area contributed by atoms with Gasteiger partial charge in [-0.15, -0.1) is 0 Å². The zero-order valence-corrected chi connectivity index (χ0v) is 21.9. The van der Waals surface area contributed by atoms with Crippen LogP contribution in [0.1, 0.15) is 49.5 Å². The number of carbonyl (C=O) groups is 3. The van der Waals surface area contributed by atoms with Crippen LogP contribution in [0.15, 0.2) is 53.4 Å². The third-order valence-corrected chi connectivity index (χ3v) is 7.87. The molecule has 9 nitrogen and oxygen atoms in total. The quantitative estimate of drug-likeness (QED) is 0.492. The summed E-state index contributed by atoms with van der Waals surface area (Å²) in [5.41, 5.74) is 0.959. The van der Waals surface area contributed by atoms with Crippen molar-refractivity contribution in [2.45, 2.75) is 51.1 Å². The molecule has 0 fully saturated rings. The predicted molar refractivity (Wildman–Crippen MR) is 135 cm³/mol. The molecule has 0 saturated heterocycles. The zero-order chi connectivity index (χ0) is 26.5. The predicted octanol–water partition coefficient (Wildman–Crippen LogP) is 2.81. The molecule has 1 aliphatic rings. The third-order valence-electron chi connectivity index (χ3n) is 6.03. The van der Waals surface area contributed by atoms with Crippen LogP contribution in [0.25, 0.3) is 0 Å². The Hall–Kier alpha value is -3.40. The summed E-state index contributed by atoms with van der Waals surface area (Å²) in [5, 5.41) is 2.86. The Morgan fingerprint density at radius 3 is 2.33 bits per heavy atom. The molecule has 2 aromatic carbocycles. The Labute approximate surface area is 212 Å². The van der Waals surface area contributed by atoms with Gasteiger partial charge in [0, 0.05) is 26.1 Å². The second kappa shape index (κ2) is 11.6. The van der Waals surface area contributed by atoms with Gasteiger partial charge in [0.1, 0.15) is 16.7 Å². The molecular formula is C26H33N3O6S. The number of amides is 3. The van der Waals surface area contributed by atoms with Crippen molar-refractivity contribution in [2.75, 3.05) is 20.2 Å². The lowest BCUT2D eigenvalue weighted by atomic mass is 10.1. The van der Waals surface area contributed by atoms with Crippen LogP contribution in [0.5, 0.6) is 5.75 Å². The average Bonchev–Trinajstić information content (AvgIpc) is 3.06. The number of sulfonamides is 1. The Balaban J connectivity index is 1.70. The van der Waals surface area contributed by atoms with Crippen LogP contribution in [0.4, 0.5) is 0 Å². The van der Waals surface area contributed by atoms with Crippen molar-refractivity contribution < 1.29 is 27.5 Å². The highest BCUT2D eigenvalue weighted by molar-refractivity contribution is 7.90. The van der Waals surface area contributed by atoms with Gasteiger partial charge in [-0.05, 0) is 49.1 Å². The van der Waals surface area contributed by atoms with E-state index in [2.05, 4.69) is 5.32 Å². The highest BCUT2D eigenvalue weighted by Gasteiger charge is 2.40. The number of nitrogens with zero attached hydrogens (tertiary/aromatic N) is 2. The molecule has 3 rings (SSSR count). The molecule has 0 spiro atoms. The Kier molecular flexibility index (Phi) is 8.73. The molecule has 36 heavy (non-hydrogen) atoms. The van der Waals surface area contributed by atoms with Gasteiger partial charge in [0.05, 0.1) is 12.7 Å². The van der Waals surface area contributed by atoms with Crippen LogP contribution in [-0.4, -0.2) is 61.6 Å². The van der Waals surface area contributed by atoms with E-state index in [9.17, 15) is 22.8 Å². The molecule has 1 atom stereocenters. The molecule has 1 heterocycles. The van der Waals surface area contributed by atoms with Crippen molar-refractivity contribution in [1.82, 2.24) is 14.5 Å². The molecular weight excluding hydrogens is 482 g/mol. The number of hydrogen-bond acceptors (Lipinski definition) is 6. The lowest BCUT2D eigenvalue weighted by Crippen LogP contribution is -2.48. The van der Waals surface area contributed by atoms with Gasteiger partial charge in [-0.3, -0.25) is 14.4 Å². The van der Waals surface area contributed by atoms with Crippen LogP contribution >= 0.6 is 0 Å². The Morgan fingerprint density at radius 1 is 1.06 bits per heavy atom. The minimum Gasteiger partial charge on any atom is -0.497 e. The second-order valence-corrected chi connectivity index (χ2v) is 11.0. The molecule has 0 aliphatic carbocycles. The van der Waals surface area contributed by atoms with Gasteiger partial charge < -0.3 is 15.0 Å². The maximum absolute atomic E-state index is 13.3. The number of rotatable bonds is 11. The van der Waals surface area contributed by atoms with Crippen LogP contribution in [0.3, 0.4) is 0 Å². The Bertz CT molecular complexity index is 1210. The van der Waals surface area contributed by atoms with E-state index in [-0.39, 0.29) is 54.1 Å². The van der Waals surface area contributed by atoms with Crippen LogP contribution < -0.4 is 10.1 Å². The maximum Gasteiger partial charge on any atom is 0.269 e. The number of carbonyl (C=O) groups excluding carboxylic acids is 3. The molecule has 1 aliphatic heterocycles. The second-order valence-electron chi connectivity index (χ2n) is 9.17. The average molecular weight is 516 g/mol. The van der Waals surface area contributed by atoms with E-state index in [0.717, 1.165) is 9.87 Å². The van der Waals surface area contributed by atoms with Crippen LogP contribution in [0.2, 0.25) is 0 Å². The van der Waals surface area contributed by atoms with Crippen molar-refractivity contribution in [1.29, 1.82) is 0 Å². The lowest BCUT2D eigenvalue weighted by Gasteiger charge is -2.29. The van der Waals surface area contributed by atoms with E-state index in [1.165, 1.54) is 17.0 Å². The summed E-state index contributed by atoms with van der Waals surface area (Å²) >= 11 is 0. The van der Waals surface area contributed by atoms with E-state index in [0.29, 0.717) is 12.3 Å². The van der Waals surface area contributed by atoms with E-state index in [1.807, 2.05) is 26.0 Å². The van der Waals surface area contributed by atoms with E-state index in [4.69, 9.17) is 4.74 Å². The molecule has 194 valence electrons. The van der Waals surface area contributed by atoms with Crippen molar-refractivity contribution in [2.24, 2.45) is 5.92 Å². The van der Waals surface area contributed by atoms with Crippen molar-refractivity contribution >= 4 is 27.7 Å². The molecule has 0 aromatic heterocycles. The monoisotopic (exact) mass is 515 g/mol. The summed E-state index contributed by atoms with van der Waals surface area (Å²) in [6.45, 7) is 6.21. The SMILES string of the molecule is COc1ccc(CN(C(=O)CCCN2C(=O)c3ccccc3S2(=O)=O)[C@H](C)C(=O)NCC(C)C)cc1. The largest absolute Gasteiger partial charge is 0.497 e. The first-order chi connectivity index (χ1) is 17.1. The van der Waals surface area contributed by atoms with Gasteiger partial charge in [0.15, 0.2) is 0 Å². The molecule has 10 heteroatoms. The number of nitrogens with one attached hydrogen (secondary N) is 1. The van der Waals surface area contributed by atoms with Gasteiger partial charge in [-0.25, -0.2) is 12.7 Å². The first-order valence-electron chi connectivity index (χ1n) is 11.9. The highest BCUT2D eigenvalue weighted by atomic mass is 32.2. The fourth-order valence-corrected chi connectivity index (χ4v) is 5.54. The minimum absolute atomic E-state index is 0.0158. The number of fused-ring (bicyclic) bond motifs is 1. The first kappa shape index (κ1) is 27.2. The Morgan fingerprint density at radius 2 is 1.72 bits per heavy atom. The topological polar surface area (TPSA) is 113 Å². The third kappa shape index (κ3) is 6.04. The smallest absolute Gasteiger partial charge is 0.269 e. The highest BCUT2D eigenvalue weighted by Crippen LogP contribution is 2.30. The van der Waals surface area contributed by atoms with E-state index in [1.54, 1.807) is 38.3 Å². The van der Waals surface area contributed by atoms with Crippen molar-refractivity contribution in [3.63, 3.8) is 0 Å². The number of benzene rings is 2. The van der Waals surface area contributed by atoms with Crippen LogP contribution in [0, 0.1) is 5.92 Å². The van der Waals surface area contributed by atoms with Gasteiger partial charge in [-0.2, -0.15) is 0 Å². The summed E-state index contributed by atoms with van der Waals surface area (Å²) in [7, 11) is -2.37. The van der Waals surface area contributed by atoms with E-state index < -0.39 is 22.0 Å². The fourth-order valence-electron chi connectivity index (χ4n) is 3.93.